The largest absolute Gasteiger partial charge is 0.334 e. The molecule has 1 atom stereocenters. The highest BCUT2D eigenvalue weighted by molar-refractivity contribution is 7.99. The van der Waals surface area contributed by atoms with Crippen LogP contribution >= 0.6 is 11.8 Å². The van der Waals surface area contributed by atoms with Gasteiger partial charge in [0.2, 0.25) is 0 Å². The molecule has 3 rings (SSSR count). The number of aryl methyl sites for hydroxylation is 2. The van der Waals surface area contributed by atoms with Crippen molar-refractivity contribution in [3.8, 4) is 0 Å². The number of carbonyl (C=O) groups is 1. The van der Waals surface area contributed by atoms with E-state index < -0.39 is 0 Å². The second kappa shape index (κ2) is 7.13. The summed E-state index contributed by atoms with van der Waals surface area (Å²) in [7, 11) is 0. The van der Waals surface area contributed by atoms with Crippen molar-refractivity contribution in [1.82, 2.24) is 15.6 Å². The van der Waals surface area contributed by atoms with Gasteiger partial charge in [-0.2, -0.15) is 0 Å². The SMILES string of the molecule is Cc1cc(C)c(CNC(=O)N[C@@H]2CCSc3ccccc32)c(=O)[nH]1. The number of thioether (sulfide) groups is 1. The Kier molecular flexibility index (Phi) is 4.94. The zero-order valence-electron chi connectivity index (χ0n) is 13.8. The van der Waals surface area contributed by atoms with E-state index in [1.807, 2.05) is 43.8 Å². The minimum absolute atomic E-state index is 0.0137. The van der Waals surface area contributed by atoms with E-state index in [1.165, 1.54) is 4.90 Å². The Bertz CT molecular complexity index is 816. The third kappa shape index (κ3) is 3.64. The maximum atomic E-state index is 12.2. The lowest BCUT2D eigenvalue weighted by atomic mass is 10.0. The number of hydrogen-bond acceptors (Lipinski definition) is 3. The minimum Gasteiger partial charge on any atom is -0.334 e. The van der Waals surface area contributed by atoms with Crippen LogP contribution in [0.2, 0.25) is 0 Å². The molecule has 0 spiro atoms. The Morgan fingerprint density at radius 2 is 2.12 bits per heavy atom. The molecule has 2 aromatic rings. The molecular formula is C18H21N3O2S. The van der Waals surface area contributed by atoms with Crippen LogP contribution in [0.4, 0.5) is 4.79 Å². The summed E-state index contributed by atoms with van der Waals surface area (Å²) in [6, 6.07) is 9.82. The molecule has 1 aliphatic rings. The first-order valence-electron chi connectivity index (χ1n) is 8.00. The fraction of sp³-hybridized carbons (Fsp3) is 0.333. The van der Waals surface area contributed by atoms with Gasteiger partial charge in [-0.05, 0) is 43.5 Å². The molecule has 1 aromatic carbocycles. The van der Waals surface area contributed by atoms with Gasteiger partial charge < -0.3 is 15.6 Å². The van der Waals surface area contributed by atoms with Gasteiger partial charge in [0, 0.05) is 21.9 Å². The van der Waals surface area contributed by atoms with E-state index in [1.54, 1.807) is 0 Å². The molecule has 0 aliphatic carbocycles. The molecule has 24 heavy (non-hydrogen) atoms. The van der Waals surface area contributed by atoms with Crippen LogP contribution in [0.25, 0.3) is 0 Å². The molecular weight excluding hydrogens is 322 g/mol. The summed E-state index contributed by atoms with van der Waals surface area (Å²) >= 11 is 1.82. The molecule has 1 aromatic heterocycles. The summed E-state index contributed by atoms with van der Waals surface area (Å²) in [6.07, 6.45) is 0.902. The number of aromatic nitrogens is 1. The highest BCUT2D eigenvalue weighted by Gasteiger charge is 2.21. The van der Waals surface area contributed by atoms with Crippen molar-refractivity contribution in [2.45, 2.75) is 37.8 Å². The van der Waals surface area contributed by atoms with Gasteiger partial charge in [-0.25, -0.2) is 4.79 Å². The number of benzene rings is 1. The van der Waals surface area contributed by atoms with Crippen molar-refractivity contribution in [2.24, 2.45) is 0 Å². The van der Waals surface area contributed by atoms with Crippen LogP contribution in [0.15, 0.2) is 40.0 Å². The van der Waals surface area contributed by atoms with Crippen molar-refractivity contribution >= 4 is 17.8 Å². The number of aromatic amines is 1. The molecule has 6 heteroatoms. The molecule has 1 aliphatic heterocycles. The van der Waals surface area contributed by atoms with E-state index in [9.17, 15) is 9.59 Å². The first-order valence-corrected chi connectivity index (χ1v) is 8.98. The molecule has 2 heterocycles. The van der Waals surface area contributed by atoms with Gasteiger partial charge in [-0.3, -0.25) is 4.79 Å². The zero-order chi connectivity index (χ0) is 17.1. The molecule has 2 amide bonds. The Hall–Kier alpha value is -2.21. The van der Waals surface area contributed by atoms with Gasteiger partial charge in [0.05, 0.1) is 12.6 Å². The van der Waals surface area contributed by atoms with Gasteiger partial charge in [-0.15, -0.1) is 11.8 Å². The van der Waals surface area contributed by atoms with E-state index in [2.05, 4.69) is 27.8 Å². The third-order valence-electron chi connectivity index (χ3n) is 4.18. The van der Waals surface area contributed by atoms with Crippen LogP contribution in [0, 0.1) is 13.8 Å². The number of rotatable bonds is 3. The Labute approximate surface area is 145 Å². The van der Waals surface area contributed by atoms with Gasteiger partial charge in [0.1, 0.15) is 0 Å². The lowest BCUT2D eigenvalue weighted by molar-refractivity contribution is 0.236. The van der Waals surface area contributed by atoms with Gasteiger partial charge in [0.25, 0.3) is 5.56 Å². The van der Waals surface area contributed by atoms with Gasteiger partial charge in [-0.1, -0.05) is 18.2 Å². The topological polar surface area (TPSA) is 74.0 Å². The van der Waals surface area contributed by atoms with Crippen LogP contribution in [-0.2, 0) is 6.54 Å². The van der Waals surface area contributed by atoms with Crippen molar-refractivity contribution < 1.29 is 4.79 Å². The maximum Gasteiger partial charge on any atom is 0.315 e. The maximum absolute atomic E-state index is 12.2. The van der Waals surface area contributed by atoms with Gasteiger partial charge >= 0.3 is 6.03 Å². The second-order valence-electron chi connectivity index (χ2n) is 6.00. The lowest BCUT2D eigenvalue weighted by Crippen LogP contribution is -2.39. The van der Waals surface area contributed by atoms with E-state index >= 15 is 0 Å². The third-order valence-corrected chi connectivity index (χ3v) is 5.31. The quantitative estimate of drug-likeness (QED) is 0.802. The fourth-order valence-corrected chi connectivity index (χ4v) is 4.10. The van der Waals surface area contributed by atoms with Crippen LogP contribution in [0.5, 0.6) is 0 Å². The van der Waals surface area contributed by atoms with E-state index in [0.717, 1.165) is 29.0 Å². The smallest absolute Gasteiger partial charge is 0.315 e. The van der Waals surface area contributed by atoms with Crippen LogP contribution < -0.4 is 16.2 Å². The molecule has 0 radical (unpaired) electrons. The lowest BCUT2D eigenvalue weighted by Gasteiger charge is -2.26. The molecule has 3 N–H and O–H groups in total. The van der Waals surface area contributed by atoms with Crippen LogP contribution in [-0.4, -0.2) is 16.8 Å². The molecule has 0 bridgehead atoms. The second-order valence-corrected chi connectivity index (χ2v) is 7.13. The Balaban J connectivity index is 1.64. The van der Waals surface area contributed by atoms with Crippen molar-refractivity contribution in [1.29, 1.82) is 0 Å². The predicted molar refractivity (Wildman–Crippen MR) is 96.4 cm³/mol. The molecule has 0 saturated heterocycles. The summed E-state index contributed by atoms with van der Waals surface area (Å²) in [5.41, 5.74) is 3.31. The van der Waals surface area contributed by atoms with Crippen molar-refractivity contribution in [2.75, 3.05) is 5.75 Å². The summed E-state index contributed by atoms with van der Waals surface area (Å²) in [5, 5.41) is 5.82. The van der Waals surface area contributed by atoms with Crippen molar-refractivity contribution in [3.63, 3.8) is 0 Å². The molecule has 0 fully saturated rings. The number of hydrogen-bond donors (Lipinski definition) is 3. The number of fused-ring (bicyclic) bond motifs is 1. The first kappa shape index (κ1) is 16.6. The molecule has 0 unspecified atom stereocenters. The van der Waals surface area contributed by atoms with E-state index in [-0.39, 0.29) is 24.2 Å². The summed E-state index contributed by atoms with van der Waals surface area (Å²) in [6.45, 7) is 3.94. The number of pyridine rings is 1. The van der Waals surface area contributed by atoms with Crippen molar-refractivity contribution in [3.05, 3.63) is 63.1 Å². The molecule has 0 saturated carbocycles. The number of H-pyrrole nitrogens is 1. The summed E-state index contributed by atoms with van der Waals surface area (Å²) in [5.74, 6) is 0.985. The standard InChI is InChI=1S/C18H21N3O2S/c1-11-9-12(2)20-17(22)14(11)10-19-18(23)21-15-7-8-24-16-6-4-3-5-13(15)16/h3-6,9,15H,7-8,10H2,1-2H3,(H,20,22)(H2,19,21,23)/t15-/m1/s1. The van der Waals surface area contributed by atoms with Crippen LogP contribution in [0.3, 0.4) is 0 Å². The number of nitrogens with one attached hydrogen (secondary N) is 3. The number of amides is 2. The highest BCUT2D eigenvalue weighted by Crippen LogP contribution is 2.35. The van der Waals surface area contributed by atoms with Crippen LogP contribution in [0.1, 0.15) is 34.8 Å². The Morgan fingerprint density at radius 1 is 1.33 bits per heavy atom. The fourth-order valence-electron chi connectivity index (χ4n) is 2.97. The zero-order valence-corrected chi connectivity index (χ0v) is 14.6. The minimum atomic E-state index is -0.249. The monoisotopic (exact) mass is 343 g/mol. The normalized spacial score (nSPS) is 16.3. The first-order chi connectivity index (χ1) is 11.5. The van der Waals surface area contributed by atoms with E-state index in [4.69, 9.17) is 0 Å². The van der Waals surface area contributed by atoms with Gasteiger partial charge in [0.15, 0.2) is 0 Å². The Morgan fingerprint density at radius 3 is 2.92 bits per heavy atom. The summed E-state index contributed by atoms with van der Waals surface area (Å²) in [4.78, 5) is 28.2. The molecule has 5 nitrogen and oxygen atoms in total. The average molecular weight is 343 g/mol. The number of carbonyl (C=O) groups excluding carboxylic acids is 1. The average Bonchev–Trinajstić information content (AvgIpc) is 2.54. The summed E-state index contributed by atoms with van der Waals surface area (Å²) < 4.78 is 0. The highest BCUT2D eigenvalue weighted by atomic mass is 32.2. The predicted octanol–water partition coefficient (Wildman–Crippen LogP) is 3.03. The van der Waals surface area contributed by atoms with E-state index in [0.29, 0.717) is 5.56 Å². The molecule has 126 valence electrons. The number of urea groups is 1.